The van der Waals surface area contributed by atoms with Crippen molar-refractivity contribution in [2.24, 2.45) is 0 Å². The van der Waals surface area contributed by atoms with E-state index in [4.69, 9.17) is 9.47 Å². The Labute approximate surface area is 171 Å². The molecule has 1 aliphatic heterocycles. The standard InChI is InChI=1S/C23H28N2O4/c1-16-6-8-17(9-7-16)15-24-23(27)19-5-4-12-25(19)22(26)14-18-10-11-20(28-2)21(13-18)29-3/h6-11,13,19H,4-5,12,14-15H2,1-3H3,(H,24,27). The Morgan fingerprint density at radius 3 is 2.41 bits per heavy atom. The number of rotatable bonds is 7. The van der Waals surface area contributed by atoms with Crippen LogP contribution in [0.4, 0.5) is 0 Å². The third-order valence-corrected chi connectivity index (χ3v) is 5.27. The molecule has 0 radical (unpaired) electrons. The molecule has 1 fully saturated rings. The van der Waals surface area contributed by atoms with Gasteiger partial charge in [-0.2, -0.15) is 0 Å². The van der Waals surface area contributed by atoms with Crippen LogP contribution in [0.5, 0.6) is 11.5 Å². The Hall–Kier alpha value is -3.02. The first-order valence-electron chi connectivity index (χ1n) is 9.85. The van der Waals surface area contributed by atoms with Crippen LogP contribution in [-0.4, -0.2) is 43.5 Å². The number of methoxy groups -OCH3 is 2. The van der Waals surface area contributed by atoms with Crippen LogP contribution in [0.25, 0.3) is 0 Å². The van der Waals surface area contributed by atoms with E-state index < -0.39 is 6.04 Å². The van der Waals surface area contributed by atoms with Crippen molar-refractivity contribution in [2.75, 3.05) is 20.8 Å². The van der Waals surface area contributed by atoms with Crippen molar-refractivity contribution < 1.29 is 19.1 Å². The van der Waals surface area contributed by atoms with Gasteiger partial charge in [-0.25, -0.2) is 0 Å². The lowest BCUT2D eigenvalue weighted by Gasteiger charge is -2.24. The fourth-order valence-electron chi connectivity index (χ4n) is 3.62. The summed E-state index contributed by atoms with van der Waals surface area (Å²) in [7, 11) is 3.14. The average Bonchev–Trinajstić information content (AvgIpc) is 3.23. The summed E-state index contributed by atoms with van der Waals surface area (Å²) in [4.78, 5) is 27.3. The van der Waals surface area contributed by atoms with Crippen molar-refractivity contribution >= 4 is 11.8 Å². The van der Waals surface area contributed by atoms with Gasteiger partial charge in [-0.05, 0) is 43.0 Å². The SMILES string of the molecule is COc1ccc(CC(=O)N2CCCC2C(=O)NCc2ccc(C)cc2)cc1OC. The van der Waals surface area contributed by atoms with Crippen LogP contribution in [-0.2, 0) is 22.6 Å². The number of nitrogens with one attached hydrogen (secondary N) is 1. The summed E-state index contributed by atoms with van der Waals surface area (Å²) in [6.07, 6.45) is 1.75. The van der Waals surface area contributed by atoms with Crippen molar-refractivity contribution in [3.05, 3.63) is 59.2 Å². The van der Waals surface area contributed by atoms with Crippen LogP contribution < -0.4 is 14.8 Å². The fourth-order valence-corrected chi connectivity index (χ4v) is 3.62. The molecule has 1 atom stereocenters. The maximum absolute atomic E-state index is 12.9. The Kier molecular flexibility index (Phi) is 6.75. The van der Waals surface area contributed by atoms with Gasteiger partial charge in [0.25, 0.3) is 0 Å². The molecule has 0 aromatic heterocycles. The Bertz CT molecular complexity index is 864. The van der Waals surface area contributed by atoms with Crippen molar-refractivity contribution in [2.45, 2.75) is 38.8 Å². The Morgan fingerprint density at radius 1 is 1.03 bits per heavy atom. The number of likely N-dealkylation sites (tertiary alicyclic amines) is 1. The van der Waals surface area contributed by atoms with Gasteiger partial charge >= 0.3 is 0 Å². The minimum absolute atomic E-state index is 0.0507. The highest BCUT2D eigenvalue weighted by molar-refractivity contribution is 5.89. The number of ether oxygens (including phenoxy) is 2. The number of aryl methyl sites for hydroxylation is 1. The van der Waals surface area contributed by atoms with E-state index in [0.29, 0.717) is 31.0 Å². The fraction of sp³-hybridized carbons (Fsp3) is 0.391. The molecule has 1 aliphatic rings. The zero-order valence-corrected chi connectivity index (χ0v) is 17.2. The van der Waals surface area contributed by atoms with E-state index in [1.165, 1.54) is 5.56 Å². The predicted octanol–water partition coefficient (Wildman–Crippen LogP) is 2.86. The van der Waals surface area contributed by atoms with E-state index in [-0.39, 0.29) is 18.2 Å². The quantitative estimate of drug-likeness (QED) is 0.782. The largest absolute Gasteiger partial charge is 0.493 e. The maximum atomic E-state index is 12.9. The molecule has 1 unspecified atom stereocenters. The number of hydrogen-bond donors (Lipinski definition) is 1. The summed E-state index contributed by atoms with van der Waals surface area (Å²) in [6.45, 7) is 3.10. The lowest BCUT2D eigenvalue weighted by molar-refractivity contribution is -0.138. The average molecular weight is 396 g/mol. The first-order valence-corrected chi connectivity index (χ1v) is 9.85. The summed E-state index contributed by atoms with van der Waals surface area (Å²) in [6, 6.07) is 13.1. The molecule has 6 nitrogen and oxygen atoms in total. The molecular weight excluding hydrogens is 368 g/mol. The monoisotopic (exact) mass is 396 g/mol. The van der Waals surface area contributed by atoms with Gasteiger partial charge in [0.2, 0.25) is 11.8 Å². The van der Waals surface area contributed by atoms with Crippen molar-refractivity contribution in [1.82, 2.24) is 10.2 Å². The van der Waals surface area contributed by atoms with Gasteiger partial charge in [-0.3, -0.25) is 9.59 Å². The second-order valence-corrected chi connectivity index (χ2v) is 7.31. The van der Waals surface area contributed by atoms with Gasteiger partial charge in [0.05, 0.1) is 20.6 Å². The van der Waals surface area contributed by atoms with E-state index in [0.717, 1.165) is 17.5 Å². The summed E-state index contributed by atoms with van der Waals surface area (Å²) in [5.41, 5.74) is 3.06. The molecule has 6 heteroatoms. The summed E-state index contributed by atoms with van der Waals surface area (Å²) >= 11 is 0. The molecule has 154 valence electrons. The molecule has 1 heterocycles. The number of hydrogen-bond acceptors (Lipinski definition) is 4. The smallest absolute Gasteiger partial charge is 0.243 e. The summed E-state index contributed by atoms with van der Waals surface area (Å²) in [5.74, 6) is 1.07. The number of benzene rings is 2. The zero-order chi connectivity index (χ0) is 20.8. The third kappa shape index (κ3) is 5.08. The van der Waals surface area contributed by atoms with Gasteiger partial charge in [-0.15, -0.1) is 0 Å². The highest BCUT2D eigenvalue weighted by Crippen LogP contribution is 2.28. The minimum Gasteiger partial charge on any atom is -0.493 e. The van der Waals surface area contributed by atoms with Crippen LogP contribution in [0.2, 0.25) is 0 Å². The van der Waals surface area contributed by atoms with Gasteiger partial charge in [-0.1, -0.05) is 35.9 Å². The van der Waals surface area contributed by atoms with Gasteiger partial charge in [0, 0.05) is 13.1 Å². The summed E-state index contributed by atoms with van der Waals surface area (Å²) < 4.78 is 10.6. The van der Waals surface area contributed by atoms with Crippen molar-refractivity contribution in [3.63, 3.8) is 0 Å². The van der Waals surface area contributed by atoms with Crippen molar-refractivity contribution in [1.29, 1.82) is 0 Å². The number of nitrogens with zero attached hydrogens (tertiary/aromatic N) is 1. The molecule has 3 rings (SSSR count). The number of amides is 2. The molecule has 2 aromatic rings. The van der Waals surface area contributed by atoms with E-state index in [1.54, 1.807) is 31.3 Å². The molecule has 0 spiro atoms. The first-order chi connectivity index (χ1) is 14.0. The molecular formula is C23H28N2O4. The molecule has 0 aliphatic carbocycles. The minimum atomic E-state index is -0.409. The molecule has 2 amide bonds. The highest BCUT2D eigenvalue weighted by Gasteiger charge is 2.33. The van der Waals surface area contributed by atoms with Crippen LogP contribution in [0, 0.1) is 6.92 Å². The second-order valence-electron chi connectivity index (χ2n) is 7.31. The second kappa shape index (κ2) is 9.45. The van der Waals surface area contributed by atoms with Gasteiger partial charge < -0.3 is 19.7 Å². The number of carbonyl (C=O) groups excluding carboxylic acids is 2. The third-order valence-electron chi connectivity index (χ3n) is 5.27. The first kappa shape index (κ1) is 20.7. The van der Waals surface area contributed by atoms with E-state index in [1.807, 2.05) is 37.3 Å². The lowest BCUT2D eigenvalue weighted by Crippen LogP contribution is -2.46. The van der Waals surface area contributed by atoms with Crippen LogP contribution in [0.1, 0.15) is 29.5 Å². The van der Waals surface area contributed by atoms with E-state index >= 15 is 0 Å². The molecule has 29 heavy (non-hydrogen) atoms. The summed E-state index contributed by atoms with van der Waals surface area (Å²) in [5, 5.41) is 2.97. The van der Waals surface area contributed by atoms with Gasteiger partial charge in [0.1, 0.15) is 6.04 Å². The molecule has 2 aromatic carbocycles. The van der Waals surface area contributed by atoms with Crippen LogP contribution >= 0.6 is 0 Å². The van der Waals surface area contributed by atoms with E-state index in [9.17, 15) is 9.59 Å². The molecule has 1 saturated heterocycles. The maximum Gasteiger partial charge on any atom is 0.243 e. The molecule has 0 bridgehead atoms. The Morgan fingerprint density at radius 2 is 1.72 bits per heavy atom. The Balaban J connectivity index is 1.61. The van der Waals surface area contributed by atoms with Gasteiger partial charge in [0.15, 0.2) is 11.5 Å². The molecule has 0 saturated carbocycles. The zero-order valence-electron chi connectivity index (χ0n) is 17.2. The van der Waals surface area contributed by atoms with Crippen molar-refractivity contribution in [3.8, 4) is 11.5 Å². The topological polar surface area (TPSA) is 67.9 Å². The van der Waals surface area contributed by atoms with Crippen LogP contribution in [0.15, 0.2) is 42.5 Å². The predicted molar refractivity (Wildman–Crippen MR) is 111 cm³/mol. The number of carbonyl (C=O) groups is 2. The van der Waals surface area contributed by atoms with E-state index in [2.05, 4.69) is 5.32 Å². The molecule has 1 N–H and O–H groups in total. The lowest BCUT2D eigenvalue weighted by atomic mass is 10.1. The normalized spacial score (nSPS) is 15.8. The highest BCUT2D eigenvalue weighted by atomic mass is 16.5. The van der Waals surface area contributed by atoms with Crippen LogP contribution in [0.3, 0.4) is 0 Å².